The molecule has 0 aromatic rings. The van der Waals surface area contributed by atoms with Gasteiger partial charge >= 0.3 is 11.2 Å². The van der Waals surface area contributed by atoms with E-state index in [1.807, 2.05) is 0 Å². The van der Waals surface area contributed by atoms with Crippen molar-refractivity contribution in [2.45, 2.75) is 50.0 Å². The van der Waals surface area contributed by atoms with Crippen LogP contribution in [0.15, 0.2) is 0 Å². The standard InChI is InChI=1S/C15H19F3O6S/c16-11(15(17,18)25(21,22)23)1-2-24-13(20)14-5-8-3-9(6-14)12(19)10(4-8)7-14/h8-11H,1-7H2,(H,21,22,23)/p-1. The molecule has 0 aliphatic heterocycles. The number of ketones is 1. The van der Waals surface area contributed by atoms with Crippen molar-refractivity contribution < 1.29 is 40.5 Å². The summed E-state index contributed by atoms with van der Waals surface area (Å²) in [5.41, 5.74) is -0.830. The molecule has 4 saturated carbocycles. The lowest BCUT2D eigenvalue weighted by molar-refractivity contribution is -0.175. The summed E-state index contributed by atoms with van der Waals surface area (Å²) in [5.74, 6) is -0.583. The predicted octanol–water partition coefficient (Wildman–Crippen LogP) is 1.79. The summed E-state index contributed by atoms with van der Waals surface area (Å²) in [6, 6.07) is 0. The summed E-state index contributed by atoms with van der Waals surface area (Å²) < 4.78 is 75.5. The van der Waals surface area contributed by atoms with Crippen LogP contribution in [0.25, 0.3) is 0 Å². The van der Waals surface area contributed by atoms with Gasteiger partial charge in [-0.25, -0.2) is 12.8 Å². The van der Waals surface area contributed by atoms with Gasteiger partial charge in [0, 0.05) is 18.3 Å². The highest BCUT2D eigenvalue weighted by Gasteiger charge is 2.59. The van der Waals surface area contributed by atoms with E-state index >= 15 is 0 Å². The van der Waals surface area contributed by atoms with E-state index in [0.29, 0.717) is 19.3 Å². The fraction of sp³-hybridized carbons (Fsp3) is 0.867. The minimum atomic E-state index is -6.13. The van der Waals surface area contributed by atoms with Gasteiger partial charge in [-0.3, -0.25) is 9.59 Å². The second-order valence-corrected chi connectivity index (χ2v) is 8.89. The van der Waals surface area contributed by atoms with Crippen LogP contribution in [0.4, 0.5) is 13.2 Å². The lowest BCUT2D eigenvalue weighted by Gasteiger charge is -2.53. The van der Waals surface area contributed by atoms with E-state index in [1.165, 1.54) is 0 Å². The number of halogens is 3. The Balaban J connectivity index is 1.58. The normalized spacial score (nSPS) is 35.7. The Kier molecular flexibility index (Phi) is 4.42. The fourth-order valence-corrected chi connectivity index (χ4v) is 5.16. The van der Waals surface area contributed by atoms with Gasteiger partial charge in [-0.2, -0.15) is 8.78 Å². The Morgan fingerprint density at radius 1 is 1.28 bits per heavy atom. The first-order chi connectivity index (χ1) is 11.5. The van der Waals surface area contributed by atoms with Crippen molar-refractivity contribution in [1.29, 1.82) is 0 Å². The lowest BCUT2D eigenvalue weighted by Crippen LogP contribution is -2.55. The summed E-state index contributed by atoms with van der Waals surface area (Å²) in [7, 11) is -6.13. The maximum atomic E-state index is 13.4. The highest BCUT2D eigenvalue weighted by molar-refractivity contribution is 7.86. The van der Waals surface area contributed by atoms with Crippen molar-refractivity contribution in [1.82, 2.24) is 0 Å². The summed E-state index contributed by atoms with van der Waals surface area (Å²) in [6.07, 6.45) is -1.54. The molecule has 3 unspecified atom stereocenters. The van der Waals surface area contributed by atoms with Crippen molar-refractivity contribution in [3.05, 3.63) is 0 Å². The summed E-state index contributed by atoms with van der Waals surface area (Å²) in [4.78, 5) is 24.5. The van der Waals surface area contributed by atoms with E-state index in [-0.39, 0.29) is 23.5 Å². The zero-order chi connectivity index (χ0) is 18.6. The molecule has 4 aliphatic rings. The Hall–Kier alpha value is -1.16. The molecule has 3 atom stereocenters. The van der Waals surface area contributed by atoms with Gasteiger partial charge in [0.15, 0.2) is 16.3 Å². The average molecular weight is 383 g/mol. The average Bonchev–Trinajstić information content (AvgIpc) is 2.50. The van der Waals surface area contributed by atoms with Gasteiger partial charge in [-0.05, 0) is 38.0 Å². The second kappa shape index (κ2) is 5.94. The first-order valence-electron chi connectivity index (χ1n) is 8.14. The minimum Gasteiger partial charge on any atom is -0.743 e. The van der Waals surface area contributed by atoms with Crippen LogP contribution in [-0.4, -0.2) is 42.8 Å². The molecule has 0 N–H and O–H groups in total. The molecule has 142 valence electrons. The van der Waals surface area contributed by atoms with Gasteiger partial charge < -0.3 is 9.29 Å². The quantitative estimate of drug-likeness (QED) is 0.512. The zero-order valence-corrected chi connectivity index (χ0v) is 14.1. The Morgan fingerprint density at radius 3 is 2.36 bits per heavy atom. The number of Topliss-reactive ketones (excluding diaryl/α,β-unsaturated/α-hetero) is 1. The molecule has 0 heterocycles. The molecule has 0 aromatic heterocycles. The van der Waals surface area contributed by atoms with Crippen LogP contribution in [0.3, 0.4) is 0 Å². The van der Waals surface area contributed by atoms with Crippen LogP contribution in [0, 0.1) is 23.2 Å². The molecule has 6 nitrogen and oxygen atoms in total. The number of alkyl halides is 3. The third-order valence-corrected chi connectivity index (χ3v) is 6.65. The molecule has 0 amide bonds. The van der Waals surface area contributed by atoms with Crippen LogP contribution in [0.5, 0.6) is 0 Å². The summed E-state index contributed by atoms with van der Waals surface area (Å²) in [5, 5.41) is -5.06. The van der Waals surface area contributed by atoms with Crippen LogP contribution >= 0.6 is 0 Å². The zero-order valence-electron chi connectivity index (χ0n) is 13.3. The third kappa shape index (κ3) is 3.07. The first kappa shape index (κ1) is 18.6. The molecule has 25 heavy (non-hydrogen) atoms. The molecular weight excluding hydrogens is 365 g/mol. The van der Waals surface area contributed by atoms with Crippen molar-refractivity contribution in [2.75, 3.05) is 6.61 Å². The molecule has 4 fully saturated rings. The van der Waals surface area contributed by atoms with E-state index in [9.17, 15) is 35.7 Å². The predicted molar refractivity (Wildman–Crippen MR) is 76.1 cm³/mol. The lowest BCUT2D eigenvalue weighted by atomic mass is 9.49. The third-order valence-electron chi connectivity index (χ3n) is 5.73. The Labute approximate surface area is 142 Å². The van der Waals surface area contributed by atoms with Gasteiger partial charge in [0.05, 0.1) is 12.0 Å². The molecule has 4 bridgehead atoms. The molecule has 0 saturated heterocycles. The van der Waals surface area contributed by atoms with Gasteiger partial charge in [0.1, 0.15) is 5.78 Å². The molecule has 4 rings (SSSR count). The largest absolute Gasteiger partial charge is 0.743 e. The topological polar surface area (TPSA) is 101 Å². The number of carbonyl (C=O) groups is 2. The summed E-state index contributed by atoms with van der Waals surface area (Å²) >= 11 is 0. The maximum absolute atomic E-state index is 13.4. The minimum absolute atomic E-state index is 0.170. The highest BCUT2D eigenvalue weighted by Crippen LogP contribution is 2.59. The number of ether oxygens (including phenoxy) is 1. The second-order valence-electron chi connectivity index (χ2n) is 7.43. The van der Waals surface area contributed by atoms with E-state index in [0.717, 1.165) is 12.8 Å². The Morgan fingerprint density at radius 2 is 1.84 bits per heavy atom. The van der Waals surface area contributed by atoms with Gasteiger partial charge in [0.25, 0.3) is 0 Å². The molecule has 0 radical (unpaired) electrons. The molecular formula is C15H18F3O6S-. The number of esters is 1. The van der Waals surface area contributed by atoms with Gasteiger partial charge in [0.2, 0.25) is 0 Å². The molecule has 4 aliphatic carbocycles. The Bertz CT molecular complexity index is 673. The SMILES string of the molecule is O=C1C2CC3CC1CC(C(=O)OCCC(F)C(F)(F)S(=O)(=O)[O-])(C3)C2. The number of rotatable bonds is 6. The van der Waals surface area contributed by atoms with Gasteiger partial charge in [-0.1, -0.05) is 0 Å². The molecule has 0 aromatic carbocycles. The summed E-state index contributed by atoms with van der Waals surface area (Å²) in [6.45, 7) is -0.749. The smallest absolute Gasteiger partial charge is 0.364 e. The van der Waals surface area contributed by atoms with E-state index < -0.39 is 46.0 Å². The monoisotopic (exact) mass is 383 g/mol. The van der Waals surface area contributed by atoms with Crippen molar-refractivity contribution in [3.63, 3.8) is 0 Å². The van der Waals surface area contributed by atoms with Crippen LogP contribution in [0.2, 0.25) is 0 Å². The first-order valence-corrected chi connectivity index (χ1v) is 9.55. The van der Waals surface area contributed by atoms with E-state index in [4.69, 9.17) is 4.74 Å². The van der Waals surface area contributed by atoms with Gasteiger partial charge in [-0.15, -0.1) is 0 Å². The highest BCUT2D eigenvalue weighted by atomic mass is 32.2. The van der Waals surface area contributed by atoms with E-state index in [2.05, 4.69) is 0 Å². The van der Waals surface area contributed by atoms with Crippen molar-refractivity contribution >= 4 is 21.9 Å². The van der Waals surface area contributed by atoms with E-state index in [1.54, 1.807) is 0 Å². The number of carbonyl (C=O) groups excluding carboxylic acids is 2. The van der Waals surface area contributed by atoms with Crippen LogP contribution in [-0.2, 0) is 24.4 Å². The molecule has 10 heteroatoms. The number of hydrogen-bond donors (Lipinski definition) is 0. The number of hydrogen-bond acceptors (Lipinski definition) is 6. The van der Waals surface area contributed by atoms with Crippen molar-refractivity contribution in [2.24, 2.45) is 23.2 Å². The van der Waals surface area contributed by atoms with Crippen LogP contribution in [0.1, 0.15) is 38.5 Å². The maximum Gasteiger partial charge on any atom is 0.364 e. The van der Waals surface area contributed by atoms with Crippen LogP contribution < -0.4 is 0 Å². The molecule has 0 spiro atoms. The van der Waals surface area contributed by atoms with Crippen molar-refractivity contribution in [3.8, 4) is 0 Å². The fourth-order valence-electron chi connectivity index (χ4n) is 4.73.